The summed E-state index contributed by atoms with van der Waals surface area (Å²) in [7, 11) is 0. The highest BCUT2D eigenvalue weighted by Crippen LogP contribution is 2.23. The van der Waals surface area contributed by atoms with Crippen molar-refractivity contribution in [1.82, 2.24) is 57.7 Å². The number of aliphatic hydroxyl groups excluding tert-OH is 1. The molecule has 0 saturated carbocycles. The molecule has 5 aliphatic heterocycles. The third-order valence-electron chi connectivity index (χ3n) is 13.1. The minimum Gasteiger partial charge on any atom is -0.391 e. The number of nitrogens with zero attached hydrogens (tertiary/aromatic N) is 2. The summed E-state index contributed by atoms with van der Waals surface area (Å²) in [6.07, 6.45) is -1.84. The van der Waals surface area contributed by atoms with E-state index in [0.29, 0.717) is 30.4 Å². The number of rotatable bonds is 2. The van der Waals surface area contributed by atoms with E-state index in [4.69, 9.17) is 10.5 Å². The monoisotopic (exact) mass is 1030 g/mol. The first-order valence-corrected chi connectivity index (χ1v) is 24.7. The molecule has 25 heteroatoms. The van der Waals surface area contributed by atoms with Crippen LogP contribution in [0.25, 0.3) is 0 Å². The van der Waals surface area contributed by atoms with Crippen LogP contribution in [-0.4, -0.2) is 174 Å². The Kier molecular flexibility index (Phi) is 19.9. The number of ether oxygens (including phenoxy) is 1. The van der Waals surface area contributed by atoms with Crippen LogP contribution in [0.1, 0.15) is 68.2 Å². The fourth-order valence-corrected chi connectivity index (χ4v) is 8.99. The van der Waals surface area contributed by atoms with Crippen molar-refractivity contribution in [2.45, 2.75) is 120 Å². The second-order valence-corrected chi connectivity index (χ2v) is 18.7. The van der Waals surface area contributed by atoms with Gasteiger partial charge in [0.2, 0.25) is 65.0 Å². The number of hydrogen-bond donors (Lipinski definition) is 11. The summed E-state index contributed by atoms with van der Waals surface area (Å²) in [4.78, 5) is 151. The topological polar surface area (TPSA) is 358 Å². The maximum absolute atomic E-state index is 14.2. The van der Waals surface area contributed by atoms with Crippen LogP contribution in [0.15, 0.2) is 48.5 Å². The van der Waals surface area contributed by atoms with E-state index in [1.807, 2.05) is 12.1 Å². The van der Waals surface area contributed by atoms with Crippen molar-refractivity contribution in [2.24, 2.45) is 5.73 Å². The zero-order valence-electron chi connectivity index (χ0n) is 41.4. The molecule has 12 N–H and O–H groups in total. The Morgan fingerprint density at radius 1 is 0.622 bits per heavy atom. The van der Waals surface area contributed by atoms with Crippen molar-refractivity contribution < 1.29 is 62.6 Å². The summed E-state index contributed by atoms with van der Waals surface area (Å²) < 4.78 is 5.90. The van der Waals surface area contributed by atoms with Crippen LogP contribution in [0.3, 0.4) is 0 Å². The van der Waals surface area contributed by atoms with E-state index in [1.54, 1.807) is 36.4 Å². The lowest BCUT2D eigenvalue weighted by Gasteiger charge is -2.30. The molecule has 5 heterocycles. The van der Waals surface area contributed by atoms with Gasteiger partial charge >= 0.3 is 0 Å². The second kappa shape index (κ2) is 26.4. The van der Waals surface area contributed by atoms with Gasteiger partial charge in [-0.15, -0.1) is 0 Å². The molecule has 0 spiro atoms. The van der Waals surface area contributed by atoms with E-state index in [2.05, 4.69) is 47.9 Å². The van der Waals surface area contributed by atoms with Gasteiger partial charge in [0.15, 0.2) is 0 Å². The van der Waals surface area contributed by atoms with Gasteiger partial charge in [0.1, 0.15) is 42.9 Å². The Morgan fingerprint density at radius 3 is 2.01 bits per heavy atom. The molecular weight excluding hydrogens is 965 g/mol. The molecular formula is C49H66N12O13. The molecule has 8 atom stereocenters. The molecule has 8 bridgehead atoms. The standard InChI is InChI=1S/C49H66N12O13/c1-27-44(68)58-34(21-50)46(70)57-33-20-31-5-3-6-32(19-31)23-53-39(65)26-74-36-15-18-61(41(67)25-54-45(33)69)43(36)49(73)59-42(28(2)62)48(72)55-24-40(66)60-17-4-7-35(60)47(71)51-16-14-29-8-10-30(11-9-29)22-52-37(63)12-13-38(64)56-27/h3,5-6,8-11,19,27-28,33-36,42-43,62H,4,7,12-18,20-26,50H2,1-2H3,(H,51,71)(H,52,63)(H,53,65)(H,54,69)(H,55,72)(H,56,64)(H,57,70)(H,58,68)(H,59,73)/t27-,28+,33-,34+,35?,36-,42-,43?/m0/s1. The van der Waals surface area contributed by atoms with Crippen molar-refractivity contribution >= 4 is 65.0 Å². The van der Waals surface area contributed by atoms with E-state index in [1.165, 1.54) is 18.7 Å². The zero-order chi connectivity index (χ0) is 53.5. The molecule has 2 fully saturated rings. The maximum Gasteiger partial charge on any atom is 0.246 e. The fraction of sp³-hybridized carbons (Fsp3) is 0.531. The summed E-state index contributed by atoms with van der Waals surface area (Å²) in [5.74, 6) is -7.79. The molecule has 11 amide bonds. The number of carbonyl (C=O) groups excluding carboxylic acids is 11. The first kappa shape index (κ1) is 55.8. The third kappa shape index (κ3) is 15.5. The van der Waals surface area contributed by atoms with Crippen LogP contribution < -0.4 is 53.6 Å². The highest BCUT2D eigenvalue weighted by atomic mass is 16.5. The second-order valence-electron chi connectivity index (χ2n) is 18.7. The van der Waals surface area contributed by atoms with Crippen LogP contribution in [0, 0.1) is 0 Å². The molecule has 2 unspecified atom stereocenters. The maximum atomic E-state index is 14.2. The molecule has 2 aromatic rings. The van der Waals surface area contributed by atoms with Crippen LogP contribution in [-0.2, 0) is 83.4 Å². The molecule has 2 saturated heterocycles. The lowest BCUT2D eigenvalue weighted by molar-refractivity contribution is -0.145. The van der Waals surface area contributed by atoms with Gasteiger partial charge in [-0.1, -0.05) is 48.5 Å². The molecule has 0 aliphatic carbocycles. The lowest BCUT2D eigenvalue weighted by atomic mass is 10.0. The van der Waals surface area contributed by atoms with Crippen LogP contribution in [0.2, 0.25) is 0 Å². The normalized spacial score (nSPS) is 26.9. The lowest BCUT2D eigenvalue weighted by Crippen LogP contribution is -2.60. The minimum absolute atomic E-state index is 0.00969. The van der Waals surface area contributed by atoms with Crippen LogP contribution in [0.5, 0.6) is 0 Å². The zero-order valence-corrected chi connectivity index (χ0v) is 41.4. The SMILES string of the molecule is C[C@@H]1NC(=O)CCC(=O)NCc2ccc(cc2)CCNC(=O)C2CCCN2C(=O)CNC(=O)[C@H]([C@@H](C)O)NC(=O)C2[C@@H]3CCN2C(=O)CNC(=O)[C@H](Cc2cccc(c2)CNC(=O)CO3)NC(=O)[C@@H](CN)NC1=O. The van der Waals surface area contributed by atoms with Gasteiger partial charge in [0.25, 0.3) is 0 Å². The molecule has 7 rings (SSSR count). The molecule has 5 aliphatic rings. The van der Waals surface area contributed by atoms with Crippen LogP contribution >= 0.6 is 0 Å². The number of nitrogens with two attached hydrogens (primary N) is 1. The number of nitrogens with one attached hydrogen (secondary N) is 9. The van der Waals surface area contributed by atoms with Crippen molar-refractivity contribution in [3.8, 4) is 0 Å². The van der Waals surface area contributed by atoms with E-state index in [-0.39, 0.29) is 64.3 Å². The Labute approximate surface area is 426 Å². The van der Waals surface area contributed by atoms with Crippen LogP contribution in [0.4, 0.5) is 0 Å². The van der Waals surface area contributed by atoms with E-state index >= 15 is 0 Å². The number of carbonyl (C=O) groups is 11. The van der Waals surface area contributed by atoms with Crippen molar-refractivity contribution in [3.63, 3.8) is 0 Å². The predicted octanol–water partition coefficient (Wildman–Crippen LogP) is -4.86. The van der Waals surface area contributed by atoms with Crippen molar-refractivity contribution in [3.05, 3.63) is 70.8 Å². The number of amides is 11. The number of hydrogen-bond acceptors (Lipinski definition) is 14. The molecule has 74 heavy (non-hydrogen) atoms. The number of fused-ring (bicyclic) bond motifs is 25. The molecule has 2 aromatic carbocycles. The predicted molar refractivity (Wildman–Crippen MR) is 261 cm³/mol. The van der Waals surface area contributed by atoms with Crippen molar-refractivity contribution in [2.75, 3.05) is 45.9 Å². The van der Waals surface area contributed by atoms with Gasteiger partial charge in [-0.25, -0.2) is 0 Å². The summed E-state index contributed by atoms with van der Waals surface area (Å²) in [6, 6.07) is 6.10. The van der Waals surface area contributed by atoms with E-state index in [0.717, 1.165) is 16.0 Å². The number of aliphatic hydroxyl groups is 1. The van der Waals surface area contributed by atoms with Gasteiger partial charge in [-0.2, -0.15) is 0 Å². The highest BCUT2D eigenvalue weighted by molar-refractivity contribution is 5.98. The minimum atomic E-state index is -1.66. The van der Waals surface area contributed by atoms with E-state index in [9.17, 15) is 57.8 Å². The summed E-state index contributed by atoms with van der Waals surface area (Å²) in [5, 5.41) is 34.1. The van der Waals surface area contributed by atoms with Gasteiger partial charge in [0.05, 0.1) is 25.3 Å². The average molecular weight is 1030 g/mol. The van der Waals surface area contributed by atoms with E-state index < -0.39 is 134 Å². The molecule has 25 nitrogen and oxygen atoms in total. The summed E-state index contributed by atoms with van der Waals surface area (Å²) >= 11 is 0. The first-order chi connectivity index (χ1) is 35.4. The smallest absolute Gasteiger partial charge is 0.246 e. The third-order valence-corrected chi connectivity index (χ3v) is 13.1. The molecule has 0 aromatic heterocycles. The number of benzene rings is 2. The van der Waals surface area contributed by atoms with Gasteiger partial charge in [-0.05, 0) is 61.8 Å². The fourth-order valence-electron chi connectivity index (χ4n) is 8.99. The summed E-state index contributed by atoms with van der Waals surface area (Å²) in [5.41, 5.74) is 8.72. The average Bonchev–Trinajstić information content (AvgIpc) is 4.06. The van der Waals surface area contributed by atoms with Gasteiger partial charge in [0, 0.05) is 58.5 Å². The van der Waals surface area contributed by atoms with Gasteiger partial charge in [-0.3, -0.25) is 52.7 Å². The largest absolute Gasteiger partial charge is 0.391 e. The highest BCUT2D eigenvalue weighted by Gasteiger charge is 2.45. The van der Waals surface area contributed by atoms with Crippen molar-refractivity contribution in [1.29, 1.82) is 0 Å². The Morgan fingerprint density at radius 2 is 1.28 bits per heavy atom. The Hall–Kier alpha value is -7.51. The Balaban J connectivity index is 1.23. The molecule has 0 radical (unpaired) electrons. The summed E-state index contributed by atoms with van der Waals surface area (Å²) in [6.45, 7) is 0.919. The first-order valence-electron chi connectivity index (χ1n) is 24.7. The Bertz CT molecular complexity index is 2440. The quantitative estimate of drug-likeness (QED) is 0.126. The molecule has 400 valence electrons. The van der Waals surface area contributed by atoms with Gasteiger partial charge < -0.3 is 73.2 Å².